The third-order valence-corrected chi connectivity index (χ3v) is 4.57. The van der Waals surface area contributed by atoms with E-state index in [4.69, 9.17) is 9.47 Å². The van der Waals surface area contributed by atoms with Crippen molar-refractivity contribution in [2.75, 3.05) is 25.1 Å². The number of ether oxygens (including phenoxy) is 2. The molecule has 0 bridgehead atoms. The van der Waals surface area contributed by atoms with Crippen LogP contribution in [0.15, 0.2) is 48.5 Å². The SMILES string of the molecule is CCC(C)c1ccccc1OCCNc1ccc(OCCC(C)C)cc1. The van der Waals surface area contributed by atoms with Gasteiger partial charge in [-0.1, -0.05) is 45.9 Å². The van der Waals surface area contributed by atoms with Gasteiger partial charge >= 0.3 is 0 Å². The number of rotatable bonds is 11. The van der Waals surface area contributed by atoms with Crippen LogP contribution < -0.4 is 14.8 Å². The Morgan fingerprint density at radius 1 is 0.885 bits per heavy atom. The van der Waals surface area contributed by atoms with E-state index in [9.17, 15) is 0 Å². The van der Waals surface area contributed by atoms with E-state index in [2.05, 4.69) is 63.3 Å². The highest BCUT2D eigenvalue weighted by molar-refractivity contribution is 5.46. The maximum absolute atomic E-state index is 5.99. The summed E-state index contributed by atoms with van der Waals surface area (Å²) in [5.74, 6) is 3.11. The fourth-order valence-electron chi connectivity index (χ4n) is 2.68. The van der Waals surface area contributed by atoms with Crippen LogP contribution >= 0.6 is 0 Å². The fourth-order valence-corrected chi connectivity index (χ4v) is 2.68. The van der Waals surface area contributed by atoms with Crippen LogP contribution in [0.2, 0.25) is 0 Å². The van der Waals surface area contributed by atoms with Crippen LogP contribution in [0.4, 0.5) is 5.69 Å². The van der Waals surface area contributed by atoms with Gasteiger partial charge in [-0.2, -0.15) is 0 Å². The minimum absolute atomic E-state index is 0.516. The standard InChI is InChI=1S/C23H33NO2/c1-5-19(4)22-8-6-7-9-23(22)26-17-15-24-20-10-12-21(13-11-20)25-16-14-18(2)3/h6-13,18-19,24H,5,14-17H2,1-4H3. The van der Waals surface area contributed by atoms with E-state index in [0.717, 1.165) is 43.2 Å². The second kappa shape index (κ2) is 10.7. The Balaban J connectivity index is 1.75. The normalized spacial score (nSPS) is 12.0. The highest BCUT2D eigenvalue weighted by atomic mass is 16.5. The zero-order valence-electron chi connectivity index (χ0n) is 16.6. The molecule has 2 aromatic carbocycles. The molecular formula is C23H33NO2. The van der Waals surface area contributed by atoms with Crippen molar-refractivity contribution in [3.8, 4) is 11.5 Å². The zero-order chi connectivity index (χ0) is 18.8. The Labute approximate surface area is 158 Å². The number of hydrogen-bond donors (Lipinski definition) is 1. The lowest BCUT2D eigenvalue weighted by atomic mass is 9.98. The Morgan fingerprint density at radius 2 is 1.62 bits per heavy atom. The molecule has 0 amide bonds. The molecule has 0 aliphatic carbocycles. The lowest BCUT2D eigenvalue weighted by molar-refractivity contribution is 0.289. The number of hydrogen-bond acceptors (Lipinski definition) is 3. The smallest absolute Gasteiger partial charge is 0.122 e. The molecule has 0 spiro atoms. The highest BCUT2D eigenvalue weighted by Crippen LogP contribution is 2.28. The van der Waals surface area contributed by atoms with E-state index in [1.807, 2.05) is 18.2 Å². The Bertz CT molecular complexity index is 637. The Kier molecular flexibility index (Phi) is 8.33. The molecule has 1 unspecified atom stereocenters. The van der Waals surface area contributed by atoms with Crippen molar-refractivity contribution >= 4 is 5.69 Å². The lowest BCUT2D eigenvalue weighted by Crippen LogP contribution is -2.12. The largest absolute Gasteiger partial charge is 0.494 e. The molecule has 2 aromatic rings. The number of benzene rings is 2. The minimum atomic E-state index is 0.516. The summed E-state index contributed by atoms with van der Waals surface area (Å²) in [7, 11) is 0. The van der Waals surface area contributed by atoms with Crippen LogP contribution in [0.5, 0.6) is 11.5 Å². The summed E-state index contributed by atoms with van der Waals surface area (Å²) >= 11 is 0. The summed E-state index contributed by atoms with van der Waals surface area (Å²) in [5, 5.41) is 3.40. The topological polar surface area (TPSA) is 30.5 Å². The molecule has 1 N–H and O–H groups in total. The van der Waals surface area contributed by atoms with Crippen molar-refractivity contribution in [1.29, 1.82) is 0 Å². The van der Waals surface area contributed by atoms with Gasteiger partial charge in [0.15, 0.2) is 0 Å². The van der Waals surface area contributed by atoms with E-state index in [1.165, 1.54) is 5.56 Å². The summed E-state index contributed by atoms with van der Waals surface area (Å²) in [6, 6.07) is 16.5. The van der Waals surface area contributed by atoms with Gasteiger partial charge in [0.25, 0.3) is 0 Å². The predicted octanol–water partition coefficient (Wildman–Crippen LogP) is 6.12. The minimum Gasteiger partial charge on any atom is -0.494 e. The average Bonchev–Trinajstić information content (AvgIpc) is 2.66. The van der Waals surface area contributed by atoms with E-state index in [1.54, 1.807) is 0 Å². The first-order chi connectivity index (χ1) is 12.6. The molecule has 3 nitrogen and oxygen atoms in total. The van der Waals surface area contributed by atoms with Gasteiger partial charge < -0.3 is 14.8 Å². The molecule has 0 saturated carbocycles. The van der Waals surface area contributed by atoms with Gasteiger partial charge in [-0.3, -0.25) is 0 Å². The van der Waals surface area contributed by atoms with Crippen LogP contribution in [-0.4, -0.2) is 19.8 Å². The van der Waals surface area contributed by atoms with Crippen molar-refractivity contribution in [3.63, 3.8) is 0 Å². The molecule has 26 heavy (non-hydrogen) atoms. The molecule has 0 aliphatic heterocycles. The maximum atomic E-state index is 5.99. The number of nitrogens with one attached hydrogen (secondary N) is 1. The monoisotopic (exact) mass is 355 g/mol. The predicted molar refractivity (Wildman–Crippen MR) is 111 cm³/mol. The Morgan fingerprint density at radius 3 is 2.31 bits per heavy atom. The first-order valence-electron chi connectivity index (χ1n) is 9.78. The van der Waals surface area contributed by atoms with Gasteiger partial charge in [0, 0.05) is 12.2 Å². The molecule has 0 radical (unpaired) electrons. The molecule has 1 atom stereocenters. The molecule has 0 saturated heterocycles. The molecule has 0 fully saturated rings. The highest BCUT2D eigenvalue weighted by Gasteiger charge is 2.09. The van der Waals surface area contributed by atoms with Crippen molar-refractivity contribution in [2.24, 2.45) is 5.92 Å². The second-order valence-corrected chi connectivity index (χ2v) is 7.18. The van der Waals surface area contributed by atoms with Crippen molar-refractivity contribution < 1.29 is 9.47 Å². The molecule has 3 heteroatoms. The molecule has 2 rings (SSSR count). The van der Waals surface area contributed by atoms with Crippen molar-refractivity contribution in [1.82, 2.24) is 0 Å². The van der Waals surface area contributed by atoms with Gasteiger partial charge in [0.2, 0.25) is 0 Å². The molecule has 142 valence electrons. The van der Waals surface area contributed by atoms with Crippen LogP contribution in [0.25, 0.3) is 0 Å². The Hall–Kier alpha value is -2.16. The van der Waals surface area contributed by atoms with Crippen molar-refractivity contribution in [2.45, 2.75) is 46.5 Å². The lowest BCUT2D eigenvalue weighted by Gasteiger charge is -2.16. The number of anilines is 1. The van der Waals surface area contributed by atoms with Gasteiger partial charge in [-0.05, 0) is 60.6 Å². The number of para-hydroxylation sites is 1. The second-order valence-electron chi connectivity index (χ2n) is 7.18. The maximum Gasteiger partial charge on any atom is 0.122 e. The first kappa shape index (κ1) is 20.2. The molecule has 0 aromatic heterocycles. The van der Waals surface area contributed by atoms with E-state index < -0.39 is 0 Å². The average molecular weight is 356 g/mol. The third-order valence-electron chi connectivity index (χ3n) is 4.57. The van der Waals surface area contributed by atoms with Crippen LogP contribution in [0.1, 0.15) is 52.0 Å². The van der Waals surface area contributed by atoms with Gasteiger partial charge in [0.1, 0.15) is 18.1 Å². The zero-order valence-corrected chi connectivity index (χ0v) is 16.6. The van der Waals surface area contributed by atoms with Crippen LogP contribution in [-0.2, 0) is 0 Å². The fraction of sp³-hybridized carbons (Fsp3) is 0.478. The summed E-state index contributed by atoms with van der Waals surface area (Å²) in [5.41, 5.74) is 2.37. The van der Waals surface area contributed by atoms with E-state index in [-0.39, 0.29) is 0 Å². The summed E-state index contributed by atoms with van der Waals surface area (Å²) in [4.78, 5) is 0. The van der Waals surface area contributed by atoms with Gasteiger partial charge in [-0.15, -0.1) is 0 Å². The van der Waals surface area contributed by atoms with Crippen molar-refractivity contribution in [3.05, 3.63) is 54.1 Å². The summed E-state index contributed by atoms with van der Waals surface area (Å²) < 4.78 is 11.7. The first-order valence-corrected chi connectivity index (χ1v) is 9.78. The quantitative estimate of drug-likeness (QED) is 0.493. The molecule has 0 heterocycles. The third kappa shape index (κ3) is 6.62. The van der Waals surface area contributed by atoms with Gasteiger partial charge in [-0.25, -0.2) is 0 Å². The van der Waals surface area contributed by atoms with E-state index in [0.29, 0.717) is 18.4 Å². The van der Waals surface area contributed by atoms with E-state index >= 15 is 0 Å². The van der Waals surface area contributed by atoms with Crippen LogP contribution in [0.3, 0.4) is 0 Å². The van der Waals surface area contributed by atoms with Crippen LogP contribution in [0, 0.1) is 5.92 Å². The van der Waals surface area contributed by atoms with Gasteiger partial charge in [0.05, 0.1) is 6.61 Å². The molecular weight excluding hydrogens is 322 g/mol. The summed E-state index contributed by atoms with van der Waals surface area (Å²) in [6.07, 6.45) is 2.19. The molecule has 0 aliphatic rings. The summed E-state index contributed by atoms with van der Waals surface area (Å²) in [6.45, 7) is 11.0.